The highest BCUT2D eigenvalue weighted by Gasteiger charge is 1.99. The van der Waals surface area contributed by atoms with Crippen molar-refractivity contribution >= 4 is 0 Å². The fraction of sp³-hybridized carbons (Fsp3) is 0.250. The molecule has 0 spiro atoms. The number of rotatable bonds is 4. The van der Waals surface area contributed by atoms with Crippen LogP contribution in [0.2, 0.25) is 0 Å². The van der Waals surface area contributed by atoms with Gasteiger partial charge >= 0.3 is 5.69 Å². The average molecular weight is 217 g/mol. The van der Waals surface area contributed by atoms with Crippen molar-refractivity contribution in [2.45, 2.75) is 6.42 Å². The van der Waals surface area contributed by atoms with E-state index >= 15 is 0 Å². The van der Waals surface area contributed by atoms with Gasteiger partial charge < -0.3 is 10.3 Å². The Balaban J connectivity index is 2.20. The Bertz CT molecular complexity index is 495. The molecule has 1 aromatic heterocycles. The molecule has 0 aliphatic rings. The maximum Gasteiger partial charge on any atom is 0.330 e. The van der Waals surface area contributed by atoms with Crippen LogP contribution in [0.5, 0.6) is 0 Å². The maximum atomic E-state index is 11.4. The summed E-state index contributed by atoms with van der Waals surface area (Å²) < 4.78 is 1.59. The molecule has 16 heavy (non-hydrogen) atoms. The van der Waals surface area contributed by atoms with E-state index in [0.717, 1.165) is 18.7 Å². The second-order valence-electron chi connectivity index (χ2n) is 3.66. The van der Waals surface area contributed by atoms with Crippen LogP contribution in [0.15, 0.2) is 41.5 Å². The van der Waals surface area contributed by atoms with Crippen molar-refractivity contribution in [3.05, 3.63) is 52.7 Å². The molecular formula is C12H15N3O. The smallest absolute Gasteiger partial charge is 0.319 e. The predicted molar refractivity (Wildman–Crippen MR) is 64.0 cm³/mol. The Morgan fingerprint density at radius 1 is 1.31 bits per heavy atom. The molecule has 84 valence electrons. The van der Waals surface area contributed by atoms with Gasteiger partial charge in [0, 0.05) is 12.4 Å². The third-order valence-corrected chi connectivity index (χ3v) is 2.53. The number of aromatic nitrogens is 2. The van der Waals surface area contributed by atoms with Gasteiger partial charge in [0.05, 0.1) is 5.69 Å². The van der Waals surface area contributed by atoms with Gasteiger partial charge in [-0.05, 0) is 37.7 Å². The van der Waals surface area contributed by atoms with E-state index in [-0.39, 0.29) is 5.69 Å². The summed E-state index contributed by atoms with van der Waals surface area (Å²) in [5, 5.41) is 3.11. The lowest BCUT2D eigenvalue weighted by molar-refractivity contribution is 0.791. The minimum Gasteiger partial charge on any atom is -0.319 e. The lowest BCUT2D eigenvalue weighted by Gasteiger charge is -2.03. The van der Waals surface area contributed by atoms with Crippen molar-refractivity contribution in [2.24, 2.45) is 0 Å². The molecule has 0 aliphatic carbocycles. The van der Waals surface area contributed by atoms with E-state index in [1.54, 1.807) is 17.0 Å². The van der Waals surface area contributed by atoms with Crippen LogP contribution < -0.4 is 11.0 Å². The molecule has 2 rings (SSSR count). The molecule has 0 unspecified atom stereocenters. The van der Waals surface area contributed by atoms with Crippen LogP contribution in [-0.2, 0) is 6.42 Å². The van der Waals surface area contributed by atoms with E-state index in [1.807, 2.05) is 31.3 Å². The lowest BCUT2D eigenvalue weighted by Crippen LogP contribution is -2.14. The first-order valence-electron chi connectivity index (χ1n) is 5.31. The number of benzene rings is 1. The Labute approximate surface area is 93.9 Å². The summed E-state index contributed by atoms with van der Waals surface area (Å²) >= 11 is 0. The molecule has 4 heteroatoms. The van der Waals surface area contributed by atoms with Gasteiger partial charge in [-0.3, -0.25) is 4.57 Å². The maximum absolute atomic E-state index is 11.4. The largest absolute Gasteiger partial charge is 0.330 e. The monoisotopic (exact) mass is 217 g/mol. The van der Waals surface area contributed by atoms with Crippen LogP contribution in [0.25, 0.3) is 5.69 Å². The summed E-state index contributed by atoms with van der Waals surface area (Å²) in [7, 11) is 1.94. The minimum atomic E-state index is -0.108. The van der Waals surface area contributed by atoms with E-state index in [4.69, 9.17) is 0 Å². The molecular weight excluding hydrogens is 202 g/mol. The highest BCUT2D eigenvalue weighted by Crippen LogP contribution is 2.07. The van der Waals surface area contributed by atoms with Gasteiger partial charge in [0.25, 0.3) is 0 Å². The Morgan fingerprint density at radius 3 is 2.62 bits per heavy atom. The van der Waals surface area contributed by atoms with Crippen LogP contribution in [0.4, 0.5) is 0 Å². The van der Waals surface area contributed by atoms with Crippen molar-refractivity contribution in [3.8, 4) is 5.69 Å². The second-order valence-corrected chi connectivity index (χ2v) is 3.66. The molecule has 1 aromatic carbocycles. The van der Waals surface area contributed by atoms with Crippen molar-refractivity contribution in [3.63, 3.8) is 0 Å². The number of imidazole rings is 1. The topological polar surface area (TPSA) is 49.8 Å². The van der Waals surface area contributed by atoms with Crippen molar-refractivity contribution in [1.29, 1.82) is 0 Å². The molecule has 0 aliphatic heterocycles. The molecule has 0 fully saturated rings. The third-order valence-electron chi connectivity index (χ3n) is 2.53. The number of likely N-dealkylation sites (N-methyl/N-ethyl adjacent to an activating group) is 1. The number of nitrogens with one attached hydrogen (secondary N) is 2. The van der Waals surface area contributed by atoms with E-state index in [9.17, 15) is 4.79 Å². The second kappa shape index (κ2) is 4.81. The Morgan fingerprint density at radius 2 is 2.06 bits per heavy atom. The van der Waals surface area contributed by atoms with Gasteiger partial charge in [-0.25, -0.2) is 4.79 Å². The quantitative estimate of drug-likeness (QED) is 0.800. The van der Waals surface area contributed by atoms with Gasteiger partial charge in [-0.15, -0.1) is 0 Å². The van der Waals surface area contributed by atoms with Gasteiger partial charge in [0.15, 0.2) is 0 Å². The lowest BCUT2D eigenvalue weighted by atomic mass is 10.1. The summed E-state index contributed by atoms with van der Waals surface area (Å²) in [6.07, 6.45) is 4.36. The fourth-order valence-electron chi connectivity index (χ4n) is 1.62. The highest BCUT2D eigenvalue weighted by atomic mass is 16.1. The molecule has 4 nitrogen and oxygen atoms in total. The molecule has 0 atom stereocenters. The molecule has 2 aromatic rings. The van der Waals surface area contributed by atoms with Gasteiger partial charge in [0.1, 0.15) is 0 Å². The van der Waals surface area contributed by atoms with Gasteiger partial charge in [-0.1, -0.05) is 12.1 Å². The summed E-state index contributed by atoms with van der Waals surface area (Å²) in [4.78, 5) is 14.0. The zero-order valence-corrected chi connectivity index (χ0v) is 9.23. The molecule has 2 N–H and O–H groups in total. The van der Waals surface area contributed by atoms with E-state index in [0.29, 0.717) is 0 Å². The van der Waals surface area contributed by atoms with Crippen LogP contribution in [-0.4, -0.2) is 23.1 Å². The Hall–Kier alpha value is -1.81. The molecule has 0 amide bonds. The molecule has 0 bridgehead atoms. The van der Waals surface area contributed by atoms with Crippen LogP contribution in [0.1, 0.15) is 5.56 Å². The zero-order chi connectivity index (χ0) is 11.4. The zero-order valence-electron chi connectivity index (χ0n) is 9.23. The molecule has 0 saturated carbocycles. The van der Waals surface area contributed by atoms with Crippen LogP contribution in [0.3, 0.4) is 0 Å². The number of hydrogen-bond acceptors (Lipinski definition) is 2. The number of aromatic amines is 1. The number of nitrogens with zero attached hydrogens (tertiary/aromatic N) is 1. The first kappa shape index (κ1) is 10.7. The fourth-order valence-corrected chi connectivity index (χ4v) is 1.62. The molecule has 0 saturated heterocycles. The normalized spacial score (nSPS) is 10.6. The summed E-state index contributed by atoms with van der Waals surface area (Å²) in [6.45, 7) is 0.962. The molecule has 0 radical (unpaired) electrons. The van der Waals surface area contributed by atoms with Crippen molar-refractivity contribution in [1.82, 2.24) is 14.9 Å². The Kier molecular flexibility index (Phi) is 3.22. The number of H-pyrrole nitrogens is 1. The van der Waals surface area contributed by atoms with E-state index in [2.05, 4.69) is 10.3 Å². The van der Waals surface area contributed by atoms with Crippen molar-refractivity contribution < 1.29 is 0 Å². The standard InChI is InChI=1S/C12H15N3O/c1-13-7-6-10-2-4-11(5-3-10)15-9-8-14-12(15)16/h2-5,8-9,13H,6-7H2,1H3,(H,14,16). The minimum absolute atomic E-state index is 0.108. The van der Waals surface area contributed by atoms with Crippen LogP contribution in [0, 0.1) is 0 Å². The average Bonchev–Trinajstić information content (AvgIpc) is 2.74. The van der Waals surface area contributed by atoms with Gasteiger partial charge in [-0.2, -0.15) is 0 Å². The number of hydrogen-bond donors (Lipinski definition) is 2. The van der Waals surface area contributed by atoms with E-state index in [1.165, 1.54) is 5.56 Å². The highest BCUT2D eigenvalue weighted by molar-refractivity contribution is 5.34. The first-order chi connectivity index (χ1) is 7.81. The summed E-state index contributed by atoms with van der Waals surface area (Å²) in [5.74, 6) is 0. The van der Waals surface area contributed by atoms with Crippen molar-refractivity contribution in [2.75, 3.05) is 13.6 Å². The first-order valence-corrected chi connectivity index (χ1v) is 5.31. The third kappa shape index (κ3) is 2.23. The predicted octanol–water partition coefficient (Wildman–Crippen LogP) is 0.927. The van der Waals surface area contributed by atoms with E-state index < -0.39 is 0 Å². The van der Waals surface area contributed by atoms with Crippen LogP contribution >= 0.6 is 0 Å². The molecule has 1 heterocycles. The summed E-state index contributed by atoms with van der Waals surface area (Å²) in [6, 6.07) is 8.01. The SMILES string of the molecule is CNCCc1ccc(-n2cc[nH]c2=O)cc1. The summed E-state index contributed by atoms with van der Waals surface area (Å²) in [5.41, 5.74) is 2.05. The van der Waals surface area contributed by atoms with Gasteiger partial charge in [0.2, 0.25) is 0 Å².